The second-order valence-electron chi connectivity index (χ2n) is 5.60. The van der Waals surface area contributed by atoms with Crippen molar-refractivity contribution in [3.8, 4) is 0 Å². The first-order valence-corrected chi connectivity index (χ1v) is 9.30. The third-order valence-electron chi connectivity index (χ3n) is 3.79. The normalized spacial score (nSPS) is 17.4. The molecule has 122 valence electrons. The Morgan fingerprint density at radius 1 is 1.27 bits per heavy atom. The molecular formula is C15H22FN3O2S. The molecule has 2 rings (SSSR count). The summed E-state index contributed by atoms with van der Waals surface area (Å²) in [4.78, 5) is 6.32. The number of benzene rings is 1. The third kappa shape index (κ3) is 4.43. The Labute approximate surface area is 130 Å². The van der Waals surface area contributed by atoms with E-state index in [1.165, 1.54) is 25.0 Å². The van der Waals surface area contributed by atoms with Crippen molar-refractivity contribution < 1.29 is 12.8 Å². The Bertz CT molecular complexity index is 651. The maximum absolute atomic E-state index is 13.8. The van der Waals surface area contributed by atoms with E-state index in [9.17, 15) is 12.8 Å². The fraction of sp³-hybridized carbons (Fsp3) is 0.533. The van der Waals surface area contributed by atoms with Gasteiger partial charge in [0, 0.05) is 24.9 Å². The molecule has 22 heavy (non-hydrogen) atoms. The van der Waals surface area contributed by atoms with Crippen LogP contribution in [0.3, 0.4) is 0 Å². The van der Waals surface area contributed by atoms with Crippen LogP contribution in [-0.4, -0.2) is 38.6 Å². The Balaban J connectivity index is 2.14. The van der Waals surface area contributed by atoms with E-state index in [2.05, 4.69) is 4.99 Å². The summed E-state index contributed by atoms with van der Waals surface area (Å²) in [6.45, 7) is 1.76. The minimum absolute atomic E-state index is 0.0392. The Hall–Kier alpha value is -1.63. The van der Waals surface area contributed by atoms with E-state index in [1.54, 1.807) is 0 Å². The molecule has 0 aliphatic carbocycles. The zero-order chi connectivity index (χ0) is 16.2. The van der Waals surface area contributed by atoms with Gasteiger partial charge in [0.05, 0.1) is 11.4 Å². The maximum Gasteiger partial charge on any atom is 0.191 e. The molecule has 0 aromatic heterocycles. The van der Waals surface area contributed by atoms with Crippen molar-refractivity contribution in [3.05, 3.63) is 29.6 Å². The number of rotatable bonds is 3. The SMILES string of the molecule is CS(=O)(=O)c1ccc(F)c(CN=C(N)N2CCCCCC2)c1. The van der Waals surface area contributed by atoms with E-state index in [4.69, 9.17) is 5.73 Å². The molecule has 0 amide bonds. The van der Waals surface area contributed by atoms with Crippen LogP contribution in [0.5, 0.6) is 0 Å². The maximum atomic E-state index is 13.8. The molecule has 1 aliphatic heterocycles. The lowest BCUT2D eigenvalue weighted by molar-refractivity contribution is 0.428. The van der Waals surface area contributed by atoms with Crippen LogP contribution in [0, 0.1) is 5.82 Å². The Morgan fingerprint density at radius 2 is 1.91 bits per heavy atom. The number of likely N-dealkylation sites (tertiary alicyclic amines) is 1. The molecule has 0 saturated carbocycles. The second kappa shape index (κ2) is 7.09. The molecule has 1 fully saturated rings. The topological polar surface area (TPSA) is 75.8 Å². The number of nitrogens with two attached hydrogens (primary N) is 1. The number of aliphatic imine (C=N–C) groups is 1. The third-order valence-corrected chi connectivity index (χ3v) is 4.90. The lowest BCUT2D eigenvalue weighted by Gasteiger charge is -2.21. The molecule has 0 radical (unpaired) electrons. The Morgan fingerprint density at radius 3 is 2.50 bits per heavy atom. The molecule has 1 aromatic carbocycles. The summed E-state index contributed by atoms with van der Waals surface area (Å²) in [5.41, 5.74) is 6.21. The summed E-state index contributed by atoms with van der Waals surface area (Å²) in [5, 5.41) is 0. The van der Waals surface area contributed by atoms with Crippen molar-refractivity contribution >= 4 is 15.8 Å². The minimum atomic E-state index is -3.36. The van der Waals surface area contributed by atoms with Crippen LogP contribution in [-0.2, 0) is 16.4 Å². The molecule has 1 aromatic rings. The highest BCUT2D eigenvalue weighted by Gasteiger charge is 2.13. The lowest BCUT2D eigenvalue weighted by Crippen LogP contribution is -2.38. The predicted octanol–water partition coefficient (Wildman–Crippen LogP) is 1.92. The van der Waals surface area contributed by atoms with Crippen LogP contribution in [0.4, 0.5) is 4.39 Å². The largest absolute Gasteiger partial charge is 0.370 e. The standard InChI is InChI=1S/C15H22FN3O2S/c1-22(20,21)13-6-7-14(16)12(10-13)11-18-15(17)19-8-4-2-3-5-9-19/h6-7,10H,2-5,8-9,11H2,1H3,(H2,17,18). The molecule has 0 unspecified atom stereocenters. The van der Waals surface area contributed by atoms with Gasteiger partial charge in [0.2, 0.25) is 0 Å². The summed E-state index contributed by atoms with van der Waals surface area (Å²) in [6.07, 6.45) is 5.63. The van der Waals surface area contributed by atoms with Crippen molar-refractivity contribution in [2.75, 3.05) is 19.3 Å². The highest BCUT2D eigenvalue weighted by molar-refractivity contribution is 7.90. The summed E-state index contributed by atoms with van der Waals surface area (Å²) in [7, 11) is -3.36. The average molecular weight is 327 g/mol. The van der Waals surface area contributed by atoms with E-state index in [-0.39, 0.29) is 17.0 Å². The van der Waals surface area contributed by atoms with Crippen LogP contribution in [0.1, 0.15) is 31.2 Å². The molecule has 7 heteroatoms. The number of halogens is 1. The minimum Gasteiger partial charge on any atom is -0.370 e. The van der Waals surface area contributed by atoms with E-state index in [0.717, 1.165) is 38.3 Å². The first-order chi connectivity index (χ1) is 10.4. The average Bonchev–Trinajstić information content (AvgIpc) is 2.74. The molecule has 1 saturated heterocycles. The first kappa shape index (κ1) is 16.7. The van der Waals surface area contributed by atoms with Gasteiger partial charge in [-0.25, -0.2) is 17.8 Å². The summed E-state index contributed by atoms with van der Waals surface area (Å²) in [6, 6.07) is 3.74. The number of hydrogen-bond acceptors (Lipinski definition) is 3. The molecule has 2 N–H and O–H groups in total. The van der Waals surface area contributed by atoms with Gasteiger partial charge < -0.3 is 10.6 Å². The molecular weight excluding hydrogens is 305 g/mol. The monoisotopic (exact) mass is 327 g/mol. The van der Waals surface area contributed by atoms with Gasteiger partial charge in [0.25, 0.3) is 0 Å². The molecule has 0 bridgehead atoms. The zero-order valence-corrected chi connectivity index (χ0v) is 13.6. The fourth-order valence-electron chi connectivity index (χ4n) is 2.47. The van der Waals surface area contributed by atoms with Crippen LogP contribution in [0.2, 0.25) is 0 Å². The summed E-state index contributed by atoms with van der Waals surface area (Å²) in [5.74, 6) is -0.0779. The number of hydrogen-bond donors (Lipinski definition) is 1. The second-order valence-corrected chi connectivity index (χ2v) is 7.62. The van der Waals surface area contributed by atoms with Crippen LogP contribution >= 0.6 is 0 Å². The lowest BCUT2D eigenvalue weighted by atomic mass is 10.2. The van der Waals surface area contributed by atoms with E-state index >= 15 is 0 Å². The highest BCUT2D eigenvalue weighted by Crippen LogP contribution is 2.16. The highest BCUT2D eigenvalue weighted by atomic mass is 32.2. The van der Waals surface area contributed by atoms with Crippen molar-refractivity contribution in [3.63, 3.8) is 0 Å². The molecule has 0 atom stereocenters. The number of guanidine groups is 1. The van der Waals surface area contributed by atoms with Gasteiger partial charge in [0.1, 0.15) is 5.82 Å². The van der Waals surface area contributed by atoms with Crippen molar-refractivity contribution in [1.82, 2.24) is 4.90 Å². The van der Waals surface area contributed by atoms with Crippen molar-refractivity contribution in [1.29, 1.82) is 0 Å². The van der Waals surface area contributed by atoms with E-state index < -0.39 is 15.7 Å². The molecule has 1 aliphatic rings. The van der Waals surface area contributed by atoms with Crippen LogP contribution in [0.15, 0.2) is 28.1 Å². The van der Waals surface area contributed by atoms with Gasteiger partial charge in [-0.2, -0.15) is 0 Å². The summed E-state index contributed by atoms with van der Waals surface area (Å²) < 4.78 is 36.9. The van der Waals surface area contributed by atoms with Gasteiger partial charge in [-0.05, 0) is 31.0 Å². The van der Waals surface area contributed by atoms with Crippen molar-refractivity contribution in [2.24, 2.45) is 10.7 Å². The first-order valence-electron chi connectivity index (χ1n) is 7.41. The number of nitrogens with zero attached hydrogens (tertiary/aromatic N) is 2. The van der Waals surface area contributed by atoms with E-state index in [0.29, 0.717) is 5.96 Å². The smallest absolute Gasteiger partial charge is 0.191 e. The predicted molar refractivity (Wildman–Crippen MR) is 84.9 cm³/mol. The van der Waals surface area contributed by atoms with E-state index in [1.807, 2.05) is 4.90 Å². The molecule has 5 nitrogen and oxygen atoms in total. The van der Waals surface area contributed by atoms with Crippen LogP contribution < -0.4 is 5.73 Å². The molecule has 0 spiro atoms. The quantitative estimate of drug-likeness (QED) is 0.523. The fourth-order valence-corrected chi connectivity index (χ4v) is 3.14. The van der Waals surface area contributed by atoms with Gasteiger partial charge in [-0.15, -0.1) is 0 Å². The van der Waals surface area contributed by atoms with Crippen molar-refractivity contribution in [2.45, 2.75) is 37.1 Å². The Kier molecular flexibility index (Phi) is 5.39. The summed E-state index contributed by atoms with van der Waals surface area (Å²) >= 11 is 0. The molecule has 1 heterocycles. The van der Waals surface area contributed by atoms with Gasteiger partial charge >= 0.3 is 0 Å². The zero-order valence-electron chi connectivity index (χ0n) is 12.8. The van der Waals surface area contributed by atoms with Crippen LogP contribution in [0.25, 0.3) is 0 Å². The van der Waals surface area contributed by atoms with Gasteiger partial charge in [0.15, 0.2) is 15.8 Å². The van der Waals surface area contributed by atoms with Gasteiger partial charge in [-0.3, -0.25) is 0 Å². The van der Waals surface area contributed by atoms with Gasteiger partial charge in [-0.1, -0.05) is 12.8 Å². The number of sulfone groups is 1.